The number of carbonyl (C=O) groups is 1. The van der Waals surface area contributed by atoms with Crippen molar-refractivity contribution in [3.8, 4) is 22.9 Å². The summed E-state index contributed by atoms with van der Waals surface area (Å²) in [5.74, 6) is 1.07. The highest BCUT2D eigenvalue weighted by molar-refractivity contribution is 5.81. The third-order valence-corrected chi connectivity index (χ3v) is 9.16. The number of nitriles is 1. The number of ether oxygens (including phenoxy) is 2. The summed E-state index contributed by atoms with van der Waals surface area (Å²) in [6, 6.07) is 20.4. The molecule has 0 saturated heterocycles. The molecule has 3 unspecified atom stereocenters. The van der Waals surface area contributed by atoms with E-state index >= 15 is 0 Å². The standard InChI is InChI=1S/C39H55NO3/c1-4-7-8-10-13-27-39(31-40)28-15-17-35(30-39)34-21-19-32(20-22-34)33-23-25-37(26-24-33)43-36(16-5-2)18-12-9-11-14-29-42-38(41)6-3/h6,19-26,35-36H,3-5,7-18,27-30H2,1-2H3. The molecule has 1 fully saturated rings. The molecule has 0 amide bonds. The number of nitrogens with zero attached hydrogens (tertiary/aromatic N) is 1. The molecule has 1 aliphatic rings. The monoisotopic (exact) mass is 585 g/mol. The molecule has 1 aliphatic carbocycles. The fourth-order valence-electron chi connectivity index (χ4n) is 6.61. The van der Waals surface area contributed by atoms with E-state index in [-0.39, 0.29) is 17.5 Å². The van der Waals surface area contributed by atoms with Crippen LogP contribution in [0, 0.1) is 16.7 Å². The van der Waals surface area contributed by atoms with Gasteiger partial charge >= 0.3 is 5.97 Å². The Morgan fingerprint density at radius 3 is 2.28 bits per heavy atom. The van der Waals surface area contributed by atoms with E-state index in [9.17, 15) is 10.1 Å². The summed E-state index contributed by atoms with van der Waals surface area (Å²) < 4.78 is 11.4. The maximum atomic E-state index is 11.1. The number of carbonyl (C=O) groups excluding carboxylic acids is 1. The molecule has 2 aromatic rings. The molecule has 0 aliphatic heterocycles. The maximum absolute atomic E-state index is 11.1. The van der Waals surface area contributed by atoms with Crippen LogP contribution in [0.3, 0.4) is 0 Å². The van der Waals surface area contributed by atoms with Crippen molar-refractivity contribution >= 4 is 5.97 Å². The SMILES string of the molecule is C=CC(=O)OCCCCCCC(CCC)Oc1ccc(-c2ccc(C3CCCC(C#N)(CCCCCCC)C3)cc2)cc1. The lowest BCUT2D eigenvalue weighted by Crippen LogP contribution is -2.26. The van der Waals surface area contributed by atoms with Crippen molar-refractivity contribution in [3.05, 3.63) is 66.7 Å². The Balaban J connectivity index is 1.48. The molecule has 0 spiro atoms. The average molecular weight is 586 g/mol. The van der Waals surface area contributed by atoms with Crippen LogP contribution >= 0.6 is 0 Å². The molecule has 3 rings (SSSR count). The van der Waals surface area contributed by atoms with Gasteiger partial charge in [-0.2, -0.15) is 5.26 Å². The van der Waals surface area contributed by atoms with Crippen molar-refractivity contribution < 1.29 is 14.3 Å². The lowest BCUT2D eigenvalue weighted by molar-refractivity contribution is -0.137. The summed E-state index contributed by atoms with van der Waals surface area (Å²) in [7, 11) is 0. The van der Waals surface area contributed by atoms with Gasteiger partial charge in [0.15, 0.2) is 0 Å². The molecule has 0 heterocycles. The molecule has 4 nitrogen and oxygen atoms in total. The van der Waals surface area contributed by atoms with Crippen molar-refractivity contribution in [3.63, 3.8) is 0 Å². The highest BCUT2D eigenvalue weighted by Gasteiger charge is 2.36. The Labute approximate surface area is 261 Å². The molecule has 2 aromatic carbocycles. The van der Waals surface area contributed by atoms with E-state index in [0.29, 0.717) is 12.5 Å². The normalized spacial score (nSPS) is 18.9. The van der Waals surface area contributed by atoms with E-state index in [1.54, 1.807) is 0 Å². The lowest BCUT2D eigenvalue weighted by Gasteiger charge is -2.36. The van der Waals surface area contributed by atoms with Gasteiger partial charge in [0.1, 0.15) is 5.75 Å². The molecule has 0 aromatic heterocycles. The van der Waals surface area contributed by atoms with Gasteiger partial charge in [-0.15, -0.1) is 0 Å². The van der Waals surface area contributed by atoms with Crippen LogP contribution in [0.1, 0.15) is 134 Å². The Morgan fingerprint density at radius 2 is 1.60 bits per heavy atom. The number of esters is 1. The van der Waals surface area contributed by atoms with Crippen LogP contribution in [0.2, 0.25) is 0 Å². The zero-order valence-electron chi connectivity index (χ0n) is 27.0. The summed E-state index contributed by atoms with van der Waals surface area (Å²) in [6.45, 7) is 8.35. The molecular weight excluding hydrogens is 530 g/mol. The smallest absolute Gasteiger partial charge is 0.330 e. The first-order valence-corrected chi connectivity index (χ1v) is 17.1. The highest BCUT2D eigenvalue weighted by Crippen LogP contribution is 2.47. The Bertz CT molecular complexity index is 1120. The van der Waals surface area contributed by atoms with Crippen molar-refractivity contribution in [1.82, 2.24) is 0 Å². The summed E-state index contributed by atoms with van der Waals surface area (Å²) in [4.78, 5) is 11.1. The zero-order valence-corrected chi connectivity index (χ0v) is 27.0. The predicted octanol–water partition coefficient (Wildman–Crippen LogP) is 11.1. The Hall–Kier alpha value is -3.06. The molecule has 0 N–H and O–H groups in total. The van der Waals surface area contributed by atoms with Crippen LogP contribution in [0.4, 0.5) is 0 Å². The van der Waals surface area contributed by atoms with Crippen LogP contribution in [0.25, 0.3) is 11.1 Å². The predicted molar refractivity (Wildman–Crippen MR) is 178 cm³/mol. The Kier molecular flexibility index (Phi) is 15.4. The topological polar surface area (TPSA) is 59.3 Å². The minimum Gasteiger partial charge on any atom is -0.490 e. The number of unbranched alkanes of at least 4 members (excludes halogenated alkanes) is 7. The minimum absolute atomic E-state index is 0.138. The zero-order chi connectivity index (χ0) is 30.8. The number of hydrogen-bond donors (Lipinski definition) is 0. The number of hydrogen-bond acceptors (Lipinski definition) is 4. The second-order valence-corrected chi connectivity index (χ2v) is 12.6. The second kappa shape index (κ2) is 19.3. The molecule has 1 saturated carbocycles. The first-order valence-electron chi connectivity index (χ1n) is 17.1. The van der Waals surface area contributed by atoms with Gasteiger partial charge in [-0.05, 0) is 86.1 Å². The van der Waals surface area contributed by atoms with E-state index in [1.165, 1.54) is 61.3 Å². The first kappa shape index (κ1) is 34.4. The summed E-state index contributed by atoms with van der Waals surface area (Å²) >= 11 is 0. The molecule has 43 heavy (non-hydrogen) atoms. The number of rotatable bonds is 20. The highest BCUT2D eigenvalue weighted by atomic mass is 16.5. The van der Waals surface area contributed by atoms with Gasteiger partial charge in [0, 0.05) is 6.08 Å². The van der Waals surface area contributed by atoms with Crippen molar-refractivity contribution in [2.75, 3.05) is 6.61 Å². The van der Waals surface area contributed by atoms with Gasteiger partial charge in [0.2, 0.25) is 0 Å². The van der Waals surface area contributed by atoms with Gasteiger partial charge in [0.05, 0.1) is 24.2 Å². The van der Waals surface area contributed by atoms with Crippen LogP contribution < -0.4 is 4.74 Å². The Morgan fingerprint density at radius 1 is 0.930 bits per heavy atom. The summed E-state index contributed by atoms with van der Waals surface area (Å²) in [6.07, 6.45) is 20.6. The molecule has 0 bridgehead atoms. The van der Waals surface area contributed by atoms with Crippen molar-refractivity contribution in [1.29, 1.82) is 5.26 Å². The molecule has 4 heteroatoms. The van der Waals surface area contributed by atoms with Gasteiger partial charge in [-0.3, -0.25) is 0 Å². The van der Waals surface area contributed by atoms with E-state index in [2.05, 4.69) is 75.0 Å². The third kappa shape index (κ3) is 11.9. The van der Waals surface area contributed by atoms with Crippen molar-refractivity contribution in [2.24, 2.45) is 5.41 Å². The van der Waals surface area contributed by atoms with Crippen LogP contribution in [0.15, 0.2) is 61.2 Å². The maximum Gasteiger partial charge on any atom is 0.330 e. The molecular formula is C39H55NO3. The van der Waals surface area contributed by atoms with Crippen LogP contribution in [-0.4, -0.2) is 18.7 Å². The quantitative estimate of drug-likeness (QED) is 0.0881. The van der Waals surface area contributed by atoms with Gasteiger partial charge in [0.25, 0.3) is 0 Å². The largest absolute Gasteiger partial charge is 0.490 e. The van der Waals surface area contributed by atoms with Gasteiger partial charge in [-0.1, -0.05) is 115 Å². The van der Waals surface area contributed by atoms with E-state index in [0.717, 1.165) is 76.4 Å². The fraction of sp³-hybridized carbons (Fsp3) is 0.590. The minimum atomic E-state index is -0.342. The third-order valence-electron chi connectivity index (χ3n) is 9.16. The fourth-order valence-corrected chi connectivity index (χ4v) is 6.61. The summed E-state index contributed by atoms with van der Waals surface area (Å²) in [5.41, 5.74) is 3.66. The van der Waals surface area contributed by atoms with E-state index < -0.39 is 0 Å². The summed E-state index contributed by atoms with van der Waals surface area (Å²) in [5, 5.41) is 10.1. The van der Waals surface area contributed by atoms with E-state index in [1.807, 2.05) is 0 Å². The van der Waals surface area contributed by atoms with Crippen LogP contribution in [0.5, 0.6) is 5.75 Å². The van der Waals surface area contributed by atoms with Crippen molar-refractivity contribution in [2.45, 2.75) is 135 Å². The second-order valence-electron chi connectivity index (χ2n) is 12.6. The van der Waals surface area contributed by atoms with Crippen LogP contribution in [-0.2, 0) is 9.53 Å². The van der Waals surface area contributed by atoms with E-state index in [4.69, 9.17) is 9.47 Å². The number of benzene rings is 2. The molecule has 3 atom stereocenters. The lowest BCUT2D eigenvalue weighted by atomic mass is 9.66. The van der Waals surface area contributed by atoms with Gasteiger partial charge in [-0.25, -0.2) is 4.79 Å². The average Bonchev–Trinajstić information content (AvgIpc) is 3.04. The van der Waals surface area contributed by atoms with Gasteiger partial charge < -0.3 is 9.47 Å². The molecule has 0 radical (unpaired) electrons. The molecule has 234 valence electrons. The first-order chi connectivity index (χ1) is 21.0.